The molecule has 146 valence electrons. The minimum absolute atomic E-state index is 0.0499. The number of carboxylic acid groups (broad SMARTS) is 2. The second-order valence-corrected chi connectivity index (χ2v) is 5.84. The summed E-state index contributed by atoms with van der Waals surface area (Å²) < 4.78 is 4.98. The van der Waals surface area contributed by atoms with Crippen LogP contribution in [0.25, 0.3) is 0 Å². The minimum atomic E-state index is -1.60. The summed E-state index contributed by atoms with van der Waals surface area (Å²) in [5, 5.41) is 27.0. The Labute approximate surface area is 163 Å². The number of aromatic carboxylic acids is 2. The average molecular weight is 392 g/mol. The van der Waals surface area contributed by atoms with E-state index in [1.807, 2.05) is 0 Å². The Kier molecular flexibility index (Phi) is 5.40. The zero-order valence-corrected chi connectivity index (χ0v) is 14.6. The van der Waals surface area contributed by atoms with E-state index in [1.54, 1.807) is 6.07 Å². The van der Waals surface area contributed by atoms with Gasteiger partial charge in [0.05, 0.1) is 18.2 Å². The molecule has 0 aliphatic carbocycles. The van der Waals surface area contributed by atoms with E-state index in [1.165, 1.54) is 36.6 Å². The van der Waals surface area contributed by atoms with Gasteiger partial charge in [0.1, 0.15) is 0 Å². The number of carboxylic acids is 2. The highest BCUT2D eigenvalue weighted by Gasteiger charge is 2.11. The number of nitrogens with one attached hydrogen (secondary N) is 2. The van der Waals surface area contributed by atoms with Gasteiger partial charge in [0.15, 0.2) is 5.76 Å². The lowest BCUT2D eigenvalue weighted by atomic mass is 10.1. The fourth-order valence-corrected chi connectivity index (χ4v) is 2.44. The molecule has 0 saturated heterocycles. The van der Waals surface area contributed by atoms with Crippen molar-refractivity contribution in [2.75, 3.05) is 10.6 Å². The van der Waals surface area contributed by atoms with Crippen molar-refractivity contribution in [2.24, 2.45) is 0 Å². The van der Waals surface area contributed by atoms with Crippen molar-refractivity contribution in [2.45, 2.75) is 0 Å². The minimum Gasteiger partial charge on any atom is -0.545 e. The Morgan fingerprint density at radius 2 is 1.28 bits per heavy atom. The second-order valence-electron chi connectivity index (χ2n) is 5.84. The molecule has 0 spiro atoms. The smallest absolute Gasteiger partial charge is 0.291 e. The van der Waals surface area contributed by atoms with Crippen LogP contribution in [0.3, 0.4) is 0 Å². The summed E-state index contributed by atoms with van der Waals surface area (Å²) in [6.45, 7) is 0. The van der Waals surface area contributed by atoms with E-state index in [4.69, 9.17) is 4.42 Å². The van der Waals surface area contributed by atoms with Crippen molar-refractivity contribution in [3.63, 3.8) is 0 Å². The van der Waals surface area contributed by atoms with E-state index in [-0.39, 0.29) is 17.0 Å². The van der Waals surface area contributed by atoms with Crippen molar-refractivity contribution in [3.05, 3.63) is 83.3 Å². The van der Waals surface area contributed by atoms with Gasteiger partial charge in [-0.3, -0.25) is 9.59 Å². The predicted molar refractivity (Wildman–Crippen MR) is 96.2 cm³/mol. The van der Waals surface area contributed by atoms with Crippen molar-refractivity contribution in [3.8, 4) is 0 Å². The van der Waals surface area contributed by atoms with Gasteiger partial charge in [-0.1, -0.05) is 0 Å². The molecule has 0 bridgehead atoms. The average Bonchev–Trinajstić information content (AvgIpc) is 3.23. The van der Waals surface area contributed by atoms with Crippen LogP contribution < -0.4 is 20.8 Å². The predicted octanol–water partition coefficient (Wildman–Crippen LogP) is 0.511. The number of benzene rings is 2. The number of amides is 2. The Morgan fingerprint density at radius 3 is 1.79 bits per heavy atom. The first-order chi connectivity index (χ1) is 13.8. The maximum Gasteiger partial charge on any atom is 0.291 e. The molecule has 0 unspecified atom stereocenters. The van der Waals surface area contributed by atoms with Crippen LogP contribution in [0.5, 0.6) is 0 Å². The van der Waals surface area contributed by atoms with Gasteiger partial charge in [0.2, 0.25) is 0 Å². The summed E-state index contributed by atoms with van der Waals surface area (Å²) >= 11 is 0. The molecule has 3 rings (SSSR count). The van der Waals surface area contributed by atoms with Gasteiger partial charge in [-0.15, -0.1) is 0 Å². The van der Waals surface area contributed by atoms with Crippen LogP contribution in [0.2, 0.25) is 0 Å². The van der Waals surface area contributed by atoms with E-state index in [0.29, 0.717) is 5.69 Å². The van der Waals surface area contributed by atoms with Crippen LogP contribution in [0.1, 0.15) is 41.6 Å². The monoisotopic (exact) mass is 392 g/mol. The van der Waals surface area contributed by atoms with Gasteiger partial charge >= 0.3 is 0 Å². The highest BCUT2D eigenvalue weighted by molar-refractivity contribution is 6.06. The maximum absolute atomic E-state index is 12.4. The molecule has 0 fully saturated rings. The Bertz CT molecular complexity index is 1050. The van der Waals surface area contributed by atoms with Gasteiger partial charge < -0.3 is 34.9 Å². The van der Waals surface area contributed by atoms with E-state index in [0.717, 1.165) is 18.2 Å². The molecular weight excluding hydrogens is 380 g/mol. The molecule has 9 nitrogen and oxygen atoms in total. The number of carbonyl (C=O) groups excluding carboxylic acids is 4. The molecule has 2 amide bonds. The lowest BCUT2D eigenvalue weighted by Gasteiger charge is -2.12. The maximum atomic E-state index is 12.4. The molecule has 3 aromatic rings. The van der Waals surface area contributed by atoms with E-state index in [9.17, 15) is 29.4 Å². The van der Waals surface area contributed by atoms with Crippen molar-refractivity contribution < 1.29 is 33.8 Å². The summed E-state index contributed by atoms with van der Waals surface area (Å²) in [5.74, 6) is -4.14. The topological polar surface area (TPSA) is 152 Å². The highest BCUT2D eigenvalue weighted by atomic mass is 16.4. The first-order valence-electron chi connectivity index (χ1n) is 8.17. The summed E-state index contributed by atoms with van der Waals surface area (Å²) in [6.07, 6.45) is 1.36. The Morgan fingerprint density at radius 1 is 0.690 bits per heavy atom. The van der Waals surface area contributed by atoms with Gasteiger partial charge in [0.25, 0.3) is 11.8 Å². The first kappa shape index (κ1) is 19.4. The third-order valence-corrected chi connectivity index (χ3v) is 3.81. The third-order valence-electron chi connectivity index (χ3n) is 3.81. The van der Waals surface area contributed by atoms with Gasteiger partial charge in [-0.05, 0) is 65.7 Å². The fraction of sp³-hybridized carbons (Fsp3) is 0. The molecule has 29 heavy (non-hydrogen) atoms. The Balaban J connectivity index is 1.73. The van der Waals surface area contributed by atoms with Crippen LogP contribution in [-0.2, 0) is 0 Å². The number of hydrogen-bond acceptors (Lipinski definition) is 7. The zero-order chi connectivity index (χ0) is 21.0. The van der Waals surface area contributed by atoms with Gasteiger partial charge in [-0.2, -0.15) is 0 Å². The van der Waals surface area contributed by atoms with Crippen molar-refractivity contribution in [1.29, 1.82) is 0 Å². The summed E-state index contributed by atoms with van der Waals surface area (Å²) in [4.78, 5) is 46.3. The lowest BCUT2D eigenvalue weighted by Crippen LogP contribution is -2.26. The van der Waals surface area contributed by atoms with E-state index < -0.39 is 34.9 Å². The zero-order valence-electron chi connectivity index (χ0n) is 14.6. The summed E-state index contributed by atoms with van der Waals surface area (Å²) in [6, 6.07) is 11.9. The van der Waals surface area contributed by atoms with Crippen molar-refractivity contribution in [1.82, 2.24) is 0 Å². The van der Waals surface area contributed by atoms with Crippen LogP contribution in [0.4, 0.5) is 11.4 Å². The summed E-state index contributed by atoms with van der Waals surface area (Å²) in [7, 11) is 0. The fourth-order valence-electron chi connectivity index (χ4n) is 2.44. The molecule has 0 atom stereocenters. The second kappa shape index (κ2) is 8.09. The first-order valence-corrected chi connectivity index (χ1v) is 8.17. The molecule has 2 N–H and O–H groups in total. The van der Waals surface area contributed by atoms with Crippen LogP contribution in [-0.4, -0.2) is 23.8 Å². The standard InChI is InChI=1S/C20H14N2O7/c23-17(22-15-9-12(19(25)26)8-13(10-15)20(27)28)11-3-5-14(6-4-11)21-18(24)16-2-1-7-29-16/h1-10H,(H,21,24)(H,22,23)(H,25,26)(H,27,28)/p-2. The normalized spacial score (nSPS) is 10.2. The molecule has 0 aliphatic heterocycles. The molecule has 0 saturated carbocycles. The molecule has 9 heteroatoms. The van der Waals surface area contributed by atoms with Crippen LogP contribution in [0, 0.1) is 0 Å². The number of rotatable bonds is 6. The number of anilines is 2. The molecule has 0 radical (unpaired) electrons. The van der Waals surface area contributed by atoms with Gasteiger partial charge in [0, 0.05) is 16.9 Å². The highest BCUT2D eigenvalue weighted by Crippen LogP contribution is 2.17. The van der Waals surface area contributed by atoms with Crippen molar-refractivity contribution >= 4 is 35.1 Å². The molecule has 0 aliphatic rings. The van der Waals surface area contributed by atoms with Gasteiger partial charge in [-0.25, -0.2) is 0 Å². The van der Waals surface area contributed by atoms with Crippen LogP contribution >= 0.6 is 0 Å². The third kappa shape index (κ3) is 4.66. The van der Waals surface area contributed by atoms with Crippen LogP contribution in [0.15, 0.2) is 65.3 Å². The van der Waals surface area contributed by atoms with E-state index in [2.05, 4.69) is 10.6 Å². The lowest BCUT2D eigenvalue weighted by molar-refractivity contribution is -0.255. The SMILES string of the molecule is O=C([O-])c1cc(NC(=O)c2ccc(NC(=O)c3ccco3)cc2)cc(C(=O)[O-])c1. The van der Waals surface area contributed by atoms with E-state index >= 15 is 0 Å². The summed E-state index contributed by atoms with van der Waals surface area (Å²) in [5.41, 5.74) is -0.280. The molecule has 1 aromatic heterocycles. The largest absolute Gasteiger partial charge is 0.545 e. The molecule has 2 aromatic carbocycles. The Hall–Kier alpha value is -4.40. The number of hydrogen-bond donors (Lipinski definition) is 2. The number of furan rings is 1. The quantitative estimate of drug-likeness (QED) is 0.620. The molecular formula is C20H12N2O7-2. The molecule has 1 heterocycles. The number of carbonyl (C=O) groups is 4.